The molecule has 0 heterocycles. The highest BCUT2D eigenvalue weighted by molar-refractivity contribution is 5.68. The number of aliphatic hydroxyl groups excluding tert-OH is 2. The van der Waals surface area contributed by atoms with E-state index in [0.717, 1.165) is 11.4 Å². The largest absolute Gasteiger partial charge is 0.394 e. The maximum Gasteiger partial charge on any atom is 0.0942 e. The van der Waals surface area contributed by atoms with Gasteiger partial charge in [-0.3, -0.25) is 0 Å². The van der Waals surface area contributed by atoms with Crippen LogP contribution in [0.2, 0.25) is 0 Å². The maximum absolute atomic E-state index is 9.40. The number of nitrogens with one attached hydrogen (secondary N) is 2. The van der Waals surface area contributed by atoms with E-state index in [1.165, 1.54) is 32.1 Å². The van der Waals surface area contributed by atoms with Crippen LogP contribution in [0.4, 0.5) is 11.4 Å². The molecule has 1 aromatic carbocycles. The van der Waals surface area contributed by atoms with E-state index in [1.54, 1.807) is 0 Å². The molecule has 4 heteroatoms. The minimum atomic E-state index is -0.720. The van der Waals surface area contributed by atoms with Gasteiger partial charge in [0.25, 0.3) is 0 Å². The zero-order chi connectivity index (χ0) is 13.5. The smallest absolute Gasteiger partial charge is 0.0942 e. The third-order valence-electron chi connectivity index (χ3n) is 3.63. The molecule has 106 valence electrons. The first-order valence-electron chi connectivity index (χ1n) is 7.18. The van der Waals surface area contributed by atoms with Crippen molar-refractivity contribution >= 4 is 11.4 Å². The molecule has 0 saturated heterocycles. The number of hydrogen-bond donors (Lipinski definition) is 4. The van der Waals surface area contributed by atoms with Gasteiger partial charge < -0.3 is 20.8 Å². The minimum Gasteiger partial charge on any atom is -0.394 e. The van der Waals surface area contributed by atoms with Crippen molar-refractivity contribution in [3.63, 3.8) is 0 Å². The molecular weight excluding hydrogens is 240 g/mol. The zero-order valence-electron chi connectivity index (χ0n) is 11.3. The van der Waals surface area contributed by atoms with E-state index >= 15 is 0 Å². The van der Waals surface area contributed by atoms with E-state index in [0.29, 0.717) is 12.6 Å². The molecule has 1 fully saturated rings. The lowest BCUT2D eigenvalue weighted by atomic mass is 9.95. The Balaban J connectivity index is 1.94. The first kappa shape index (κ1) is 14.2. The number of anilines is 2. The van der Waals surface area contributed by atoms with E-state index in [2.05, 4.69) is 16.7 Å². The number of rotatable bonds is 6. The number of benzene rings is 1. The fourth-order valence-electron chi connectivity index (χ4n) is 2.52. The van der Waals surface area contributed by atoms with Crippen LogP contribution in [0.5, 0.6) is 0 Å². The molecule has 0 aromatic heterocycles. The van der Waals surface area contributed by atoms with Gasteiger partial charge in [-0.1, -0.05) is 31.4 Å². The summed E-state index contributed by atoms with van der Waals surface area (Å²) in [6, 6.07) is 8.59. The molecule has 0 amide bonds. The topological polar surface area (TPSA) is 64.5 Å². The van der Waals surface area contributed by atoms with Gasteiger partial charge >= 0.3 is 0 Å². The van der Waals surface area contributed by atoms with E-state index in [-0.39, 0.29) is 6.61 Å². The first-order valence-corrected chi connectivity index (χ1v) is 7.18. The average molecular weight is 264 g/mol. The predicted molar refractivity (Wildman–Crippen MR) is 78.5 cm³/mol. The molecule has 0 aliphatic heterocycles. The van der Waals surface area contributed by atoms with Crippen molar-refractivity contribution in [2.24, 2.45) is 0 Å². The monoisotopic (exact) mass is 264 g/mol. The van der Waals surface area contributed by atoms with Crippen LogP contribution in [-0.2, 0) is 0 Å². The molecule has 1 aliphatic rings. The van der Waals surface area contributed by atoms with Crippen LogP contribution in [0.15, 0.2) is 24.3 Å². The van der Waals surface area contributed by atoms with E-state index in [1.807, 2.05) is 18.2 Å². The number of aliphatic hydroxyl groups is 2. The Bertz CT molecular complexity index is 378. The SMILES string of the molecule is OCC(O)CNc1ccccc1NC1CCCCC1. The highest BCUT2D eigenvalue weighted by atomic mass is 16.3. The molecule has 4 nitrogen and oxygen atoms in total. The number of para-hydroxylation sites is 2. The van der Waals surface area contributed by atoms with Gasteiger partial charge in [0.1, 0.15) is 0 Å². The number of hydrogen-bond acceptors (Lipinski definition) is 4. The lowest BCUT2D eigenvalue weighted by Gasteiger charge is -2.25. The highest BCUT2D eigenvalue weighted by Gasteiger charge is 2.14. The Kier molecular flexibility index (Phi) is 5.48. The van der Waals surface area contributed by atoms with Crippen molar-refractivity contribution in [3.8, 4) is 0 Å². The Morgan fingerprint density at radius 3 is 2.47 bits per heavy atom. The summed E-state index contributed by atoms with van der Waals surface area (Å²) in [7, 11) is 0. The Hall–Kier alpha value is -1.26. The van der Waals surface area contributed by atoms with Crippen molar-refractivity contribution in [2.45, 2.75) is 44.2 Å². The van der Waals surface area contributed by atoms with Crippen LogP contribution in [-0.4, -0.2) is 35.5 Å². The summed E-state index contributed by atoms with van der Waals surface area (Å²) in [5.74, 6) is 0. The second-order valence-electron chi connectivity index (χ2n) is 5.24. The van der Waals surface area contributed by atoms with Crippen LogP contribution in [0.25, 0.3) is 0 Å². The molecule has 2 rings (SSSR count). The summed E-state index contributed by atoms with van der Waals surface area (Å²) in [5, 5.41) is 25.0. The van der Waals surface area contributed by atoms with Crippen molar-refractivity contribution in [1.29, 1.82) is 0 Å². The molecule has 1 unspecified atom stereocenters. The van der Waals surface area contributed by atoms with Gasteiger partial charge in [0.15, 0.2) is 0 Å². The third-order valence-corrected chi connectivity index (χ3v) is 3.63. The standard InChI is InChI=1S/C15H24N2O2/c18-11-13(19)10-16-14-8-4-5-9-15(14)17-12-6-2-1-3-7-12/h4-5,8-9,12-13,16-19H,1-3,6-7,10-11H2. The summed E-state index contributed by atoms with van der Waals surface area (Å²) >= 11 is 0. The molecule has 0 spiro atoms. The Labute approximate surface area is 114 Å². The summed E-state index contributed by atoms with van der Waals surface area (Å²) in [6.45, 7) is 0.144. The second kappa shape index (κ2) is 7.36. The second-order valence-corrected chi connectivity index (χ2v) is 5.24. The van der Waals surface area contributed by atoms with Crippen LogP contribution < -0.4 is 10.6 Å². The van der Waals surface area contributed by atoms with Gasteiger partial charge in [-0.05, 0) is 25.0 Å². The van der Waals surface area contributed by atoms with Crippen LogP contribution in [0, 0.1) is 0 Å². The summed E-state index contributed by atoms with van der Waals surface area (Å²) in [5.41, 5.74) is 2.07. The fraction of sp³-hybridized carbons (Fsp3) is 0.600. The zero-order valence-corrected chi connectivity index (χ0v) is 11.3. The lowest BCUT2D eigenvalue weighted by molar-refractivity contribution is 0.105. The molecule has 1 aliphatic carbocycles. The lowest BCUT2D eigenvalue weighted by Crippen LogP contribution is -2.25. The summed E-state index contributed by atoms with van der Waals surface area (Å²) in [4.78, 5) is 0. The molecule has 0 radical (unpaired) electrons. The van der Waals surface area contributed by atoms with Gasteiger partial charge in [0.2, 0.25) is 0 Å². The Morgan fingerprint density at radius 1 is 1.11 bits per heavy atom. The average Bonchev–Trinajstić information content (AvgIpc) is 2.47. The Morgan fingerprint density at radius 2 is 1.79 bits per heavy atom. The highest BCUT2D eigenvalue weighted by Crippen LogP contribution is 2.26. The quantitative estimate of drug-likeness (QED) is 0.636. The van der Waals surface area contributed by atoms with Crippen molar-refractivity contribution < 1.29 is 10.2 Å². The van der Waals surface area contributed by atoms with E-state index < -0.39 is 6.10 Å². The maximum atomic E-state index is 9.40. The third kappa shape index (κ3) is 4.40. The van der Waals surface area contributed by atoms with Gasteiger partial charge in [-0.2, -0.15) is 0 Å². The molecular formula is C15H24N2O2. The van der Waals surface area contributed by atoms with Gasteiger partial charge in [0, 0.05) is 12.6 Å². The first-order chi connectivity index (χ1) is 9.29. The molecule has 1 aromatic rings. The van der Waals surface area contributed by atoms with Crippen molar-refractivity contribution in [2.75, 3.05) is 23.8 Å². The molecule has 1 atom stereocenters. The fourth-order valence-corrected chi connectivity index (χ4v) is 2.52. The predicted octanol–water partition coefficient (Wildman–Crippen LogP) is 2.20. The molecule has 4 N–H and O–H groups in total. The molecule has 19 heavy (non-hydrogen) atoms. The van der Waals surface area contributed by atoms with E-state index in [9.17, 15) is 5.11 Å². The van der Waals surface area contributed by atoms with Crippen LogP contribution in [0.3, 0.4) is 0 Å². The summed E-state index contributed by atoms with van der Waals surface area (Å²) in [6.07, 6.45) is 5.69. The van der Waals surface area contributed by atoms with E-state index in [4.69, 9.17) is 5.11 Å². The molecule has 0 bridgehead atoms. The molecule has 1 saturated carbocycles. The minimum absolute atomic E-state index is 0.217. The van der Waals surface area contributed by atoms with Crippen LogP contribution >= 0.6 is 0 Å². The van der Waals surface area contributed by atoms with Crippen molar-refractivity contribution in [1.82, 2.24) is 0 Å². The summed E-state index contributed by atoms with van der Waals surface area (Å²) < 4.78 is 0. The van der Waals surface area contributed by atoms with Gasteiger partial charge in [-0.15, -0.1) is 0 Å². The van der Waals surface area contributed by atoms with Crippen molar-refractivity contribution in [3.05, 3.63) is 24.3 Å². The normalized spacial score (nSPS) is 18.0. The van der Waals surface area contributed by atoms with Gasteiger partial charge in [-0.25, -0.2) is 0 Å². The van der Waals surface area contributed by atoms with Crippen LogP contribution in [0.1, 0.15) is 32.1 Å². The van der Waals surface area contributed by atoms with Gasteiger partial charge in [0.05, 0.1) is 24.1 Å².